The zero-order valence-electron chi connectivity index (χ0n) is 9.07. The summed E-state index contributed by atoms with van der Waals surface area (Å²) < 4.78 is 1.82. The van der Waals surface area contributed by atoms with E-state index in [1.54, 1.807) is 0 Å². The molecule has 2 rings (SSSR count). The monoisotopic (exact) mass is 330 g/mol. The molecule has 0 fully saturated rings. The molecular formula is C13H12BrClOS. The number of aliphatic hydroxyl groups excluding tert-OH is 1. The molecule has 1 N–H and O–H groups in total. The molecule has 2 aromatic rings. The van der Waals surface area contributed by atoms with E-state index in [-0.39, 0.29) is 6.10 Å². The van der Waals surface area contributed by atoms with Crippen molar-refractivity contribution in [1.82, 2.24) is 0 Å². The molecule has 90 valence electrons. The molecule has 0 aliphatic heterocycles. The molecule has 0 radical (unpaired) electrons. The third kappa shape index (κ3) is 4.11. The predicted octanol–water partition coefficient (Wildman–Crippen LogP) is 4.31. The van der Waals surface area contributed by atoms with Crippen LogP contribution in [0.15, 0.2) is 40.9 Å². The second-order valence-corrected chi connectivity index (χ2v) is 6.61. The molecule has 0 aliphatic rings. The molecule has 0 amide bonds. The fourth-order valence-electron chi connectivity index (χ4n) is 1.70. The fourth-order valence-corrected chi connectivity index (χ4v) is 3.31. The molecule has 17 heavy (non-hydrogen) atoms. The molecule has 4 heteroatoms. The van der Waals surface area contributed by atoms with Crippen LogP contribution in [0.2, 0.25) is 4.34 Å². The highest BCUT2D eigenvalue weighted by Gasteiger charge is 2.08. The minimum atomic E-state index is -0.362. The summed E-state index contributed by atoms with van der Waals surface area (Å²) in [4.78, 5) is 1.12. The van der Waals surface area contributed by atoms with Crippen molar-refractivity contribution in [3.8, 4) is 0 Å². The van der Waals surface area contributed by atoms with Gasteiger partial charge in [-0.15, -0.1) is 11.3 Å². The SMILES string of the molecule is OC(Cc1cccc(Br)c1)Cc1ccc(Cl)s1. The van der Waals surface area contributed by atoms with E-state index >= 15 is 0 Å². The molecule has 1 aromatic carbocycles. The first-order valence-electron chi connectivity index (χ1n) is 5.30. The third-order valence-corrected chi connectivity index (χ3v) is 4.17. The Balaban J connectivity index is 1.95. The van der Waals surface area contributed by atoms with Crippen molar-refractivity contribution in [1.29, 1.82) is 0 Å². The van der Waals surface area contributed by atoms with Gasteiger partial charge in [-0.25, -0.2) is 0 Å². The number of hydrogen-bond acceptors (Lipinski definition) is 2. The molecule has 1 nitrogen and oxygen atoms in total. The highest BCUT2D eigenvalue weighted by Crippen LogP contribution is 2.23. The summed E-state index contributed by atoms with van der Waals surface area (Å²) in [5.74, 6) is 0. The van der Waals surface area contributed by atoms with E-state index in [1.807, 2.05) is 36.4 Å². The van der Waals surface area contributed by atoms with Crippen LogP contribution in [0, 0.1) is 0 Å². The second-order valence-electron chi connectivity index (χ2n) is 3.90. The van der Waals surface area contributed by atoms with Crippen LogP contribution in [-0.4, -0.2) is 11.2 Å². The summed E-state index contributed by atoms with van der Waals surface area (Å²) >= 11 is 10.8. The van der Waals surface area contributed by atoms with Gasteiger partial charge in [0.25, 0.3) is 0 Å². The summed E-state index contributed by atoms with van der Waals surface area (Å²) in [7, 11) is 0. The number of hydrogen-bond donors (Lipinski definition) is 1. The Morgan fingerprint density at radius 3 is 2.71 bits per heavy atom. The number of rotatable bonds is 4. The van der Waals surface area contributed by atoms with Crippen molar-refractivity contribution in [2.75, 3.05) is 0 Å². The van der Waals surface area contributed by atoms with Gasteiger partial charge in [0.05, 0.1) is 10.4 Å². The quantitative estimate of drug-likeness (QED) is 0.885. The number of thiophene rings is 1. The van der Waals surface area contributed by atoms with Gasteiger partial charge >= 0.3 is 0 Å². The summed E-state index contributed by atoms with van der Waals surface area (Å²) in [6.07, 6.45) is 0.956. The molecule has 1 aromatic heterocycles. The fraction of sp³-hybridized carbons (Fsp3) is 0.231. The smallest absolute Gasteiger partial charge is 0.0931 e. The van der Waals surface area contributed by atoms with E-state index in [0.29, 0.717) is 12.8 Å². The van der Waals surface area contributed by atoms with Gasteiger partial charge in [0.2, 0.25) is 0 Å². The number of aliphatic hydroxyl groups is 1. The molecular weight excluding hydrogens is 320 g/mol. The molecule has 0 saturated heterocycles. The van der Waals surface area contributed by atoms with Crippen LogP contribution in [0.25, 0.3) is 0 Å². The zero-order chi connectivity index (χ0) is 12.3. The highest BCUT2D eigenvalue weighted by atomic mass is 79.9. The van der Waals surface area contributed by atoms with Crippen LogP contribution < -0.4 is 0 Å². The predicted molar refractivity (Wildman–Crippen MR) is 76.9 cm³/mol. The summed E-state index contributed by atoms with van der Waals surface area (Å²) in [6.45, 7) is 0. The Bertz CT molecular complexity index is 498. The minimum absolute atomic E-state index is 0.362. The summed E-state index contributed by atoms with van der Waals surface area (Å²) in [5, 5.41) is 10.0. The van der Waals surface area contributed by atoms with Crippen molar-refractivity contribution >= 4 is 38.9 Å². The average molecular weight is 332 g/mol. The Morgan fingerprint density at radius 1 is 1.24 bits per heavy atom. The Hall–Kier alpha value is -0.350. The Morgan fingerprint density at radius 2 is 2.06 bits per heavy atom. The zero-order valence-corrected chi connectivity index (χ0v) is 12.2. The molecule has 1 heterocycles. The topological polar surface area (TPSA) is 20.2 Å². The lowest BCUT2D eigenvalue weighted by Gasteiger charge is -2.09. The lowest BCUT2D eigenvalue weighted by molar-refractivity contribution is 0.176. The Kier molecular flexibility index (Phi) is 4.62. The van der Waals surface area contributed by atoms with E-state index < -0.39 is 0 Å². The van der Waals surface area contributed by atoms with E-state index in [0.717, 1.165) is 19.2 Å². The maximum Gasteiger partial charge on any atom is 0.0931 e. The van der Waals surface area contributed by atoms with E-state index in [4.69, 9.17) is 11.6 Å². The van der Waals surface area contributed by atoms with Crippen LogP contribution >= 0.6 is 38.9 Å². The first kappa shape index (κ1) is 13.1. The van der Waals surface area contributed by atoms with Crippen molar-refractivity contribution in [2.45, 2.75) is 18.9 Å². The average Bonchev–Trinajstić information content (AvgIpc) is 2.63. The van der Waals surface area contributed by atoms with Crippen LogP contribution in [0.3, 0.4) is 0 Å². The minimum Gasteiger partial charge on any atom is -0.392 e. The van der Waals surface area contributed by atoms with Gasteiger partial charge in [0.1, 0.15) is 0 Å². The standard InChI is InChI=1S/C13H12BrClOS/c14-10-3-1-2-9(6-10)7-11(16)8-12-4-5-13(15)17-12/h1-6,11,16H,7-8H2. The maximum atomic E-state index is 10.0. The lowest BCUT2D eigenvalue weighted by atomic mass is 10.1. The maximum absolute atomic E-state index is 10.0. The first-order valence-corrected chi connectivity index (χ1v) is 7.29. The molecule has 0 spiro atoms. The van der Waals surface area contributed by atoms with Crippen LogP contribution in [0.5, 0.6) is 0 Å². The van der Waals surface area contributed by atoms with Crippen LogP contribution in [-0.2, 0) is 12.8 Å². The van der Waals surface area contributed by atoms with Gasteiger partial charge in [-0.2, -0.15) is 0 Å². The first-order chi connectivity index (χ1) is 8.13. The van der Waals surface area contributed by atoms with Gasteiger partial charge in [-0.1, -0.05) is 39.7 Å². The molecule has 1 atom stereocenters. The van der Waals surface area contributed by atoms with Crippen molar-refractivity contribution < 1.29 is 5.11 Å². The van der Waals surface area contributed by atoms with Crippen LogP contribution in [0.1, 0.15) is 10.4 Å². The number of benzene rings is 1. The van der Waals surface area contributed by atoms with Gasteiger partial charge in [0.15, 0.2) is 0 Å². The van der Waals surface area contributed by atoms with Crippen molar-refractivity contribution in [3.05, 3.63) is 55.6 Å². The normalized spacial score (nSPS) is 12.6. The largest absolute Gasteiger partial charge is 0.392 e. The molecule has 0 saturated carbocycles. The van der Waals surface area contributed by atoms with Gasteiger partial charge < -0.3 is 5.11 Å². The molecule has 0 bridgehead atoms. The summed E-state index contributed by atoms with van der Waals surface area (Å²) in [5.41, 5.74) is 1.13. The Labute approximate surface area is 118 Å². The van der Waals surface area contributed by atoms with Crippen molar-refractivity contribution in [2.24, 2.45) is 0 Å². The van der Waals surface area contributed by atoms with Gasteiger partial charge in [0, 0.05) is 15.8 Å². The summed E-state index contributed by atoms with van der Waals surface area (Å²) in [6, 6.07) is 11.9. The van der Waals surface area contributed by atoms with Gasteiger partial charge in [-0.3, -0.25) is 0 Å². The van der Waals surface area contributed by atoms with Crippen molar-refractivity contribution in [3.63, 3.8) is 0 Å². The number of halogens is 2. The third-order valence-electron chi connectivity index (χ3n) is 2.43. The highest BCUT2D eigenvalue weighted by molar-refractivity contribution is 9.10. The second kappa shape index (κ2) is 6.01. The van der Waals surface area contributed by atoms with Crippen LogP contribution in [0.4, 0.5) is 0 Å². The van der Waals surface area contributed by atoms with E-state index in [2.05, 4.69) is 15.9 Å². The lowest BCUT2D eigenvalue weighted by Crippen LogP contribution is -2.13. The van der Waals surface area contributed by atoms with Gasteiger partial charge in [-0.05, 0) is 36.2 Å². The molecule has 1 unspecified atom stereocenters. The molecule has 0 aliphatic carbocycles. The van der Waals surface area contributed by atoms with E-state index in [9.17, 15) is 5.11 Å². The van der Waals surface area contributed by atoms with E-state index in [1.165, 1.54) is 11.3 Å².